The Hall–Kier alpha value is -0.940. The summed E-state index contributed by atoms with van der Waals surface area (Å²) in [4.78, 5) is 2.25. The van der Waals surface area contributed by atoms with Crippen LogP contribution in [0.5, 0.6) is 0 Å². The fourth-order valence-corrected chi connectivity index (χ4v) is 2.28. The van der Waals surface area contributed by atoms with Crippen LogP contribution in [0.4, 0.5) is 0 Å². The summed E-state index contributed by atoms with van der Waals surface area (Å²) < 4.78 is 10.9. The maximum Gasteiger partial charge on any atom is 0.0716 e. The Bertz CT molecular complexity index is 382. The van der Waals surface area contributed by atoms with Crippen LogP contribution in [0.3, 0.4) is 0 Å². The first-order valence-electron chi connectivity index (χ1n) is 7.18. The van der Waals surface area contributed by atoms with E-state index in [1.54, 1.807) is 7.11 Å². The predicted octanol–water partition coefficient (Wildman–Crippen LogP) is 2.19. The molecular weight excluding hydrogens is 252 g/mol. The van der Waals surface area contributed by atoms with Crippen LogP contribution >= 0.6 is 0 Å². The molecule has 0 saturated carbocycles. The summed E-state index contributed by atoms with van der Waals surface area (Å²) in [5.74, 6) is 0. The first-order chi connectivity index (χ1) is 9.60. The molecule has 0 heterocycles. The van der Waals surface area contributed by atoms with Crippen molar-refractivity contribution in [2.24, 2.45) is 5.73 Å². The standard InChI is InChI=1S/C16H28N2O2/c1-13(2)20-10-9-18(3)16(11-17)15-8-6-5-7-14(15)12-19-4/h5-8,13,16H,9-12,17H2,1-4H3. The Kier molecular flexibility index (Phi) is 7.77. The van der Waals surface area contributed by atoms with E-state index in [0.29, 0.717) is 13.2 Å². The zero-order valence-electron chi connectivity index (χ0n) is 13.1. The van der Waals surface area contributed by atoms with E-state index < -0.39 is 0 Å². The van der Waals surface area contributed by atoms with Gasteiger partial charge in [0.05, 0.1) is 19.3 Å². The SMILES string of the molecule is COCc1ccccc1C(CN)N(C)CCOC(C)C. The van der Waals surface area contributed by atoms with Crippen molar-refractivity contribution >= 4 is 0 Å². The Morgan fingerprint density at radius 1 is 1.25 bits per heavy atom. The number of hydrogen-bond acceptors (Lipinski definition) is 4. The number of nitrogens with two attached hydrogens (primary N) is 1. The zero-order valence-corrected chi connectivity index (χ0v) is 13.1. The van der Waals surface area contributed by atoms with Crippen molar-refractivity contribution in [3.05, 3.63) is 35.4 Å². The molecule has 0 radical (unpaired) electrons. The largest absolute Gasteiger partial charge is 0.380 e. The molecule has 0 aliphatic heterocycles. The topological polar surface area (TPSA) is 47.7 Å². The highest BCUT2D eigenvalue weighted by atomic mass is 16.5. The fourth-order valence-electron chi connectivity index (χ4n) is 2.28. The molecule has 1 rings (SSSR count). The molecule has 0 spiro atoms. The summed E-state index contributed by atoms with van der Waals surface area (Å²) in [5, 5.41) is 0. The third-order valence-corrected chi connectivity index (χ3v) is 3.36. The number of methoxy groups -OCH3 is 1. The van der Waals surface area contributed by atoms with Gasteiger partial charge in [-0.15, -0.1) is 0 Å². The zero-order chi connectivity index (χ0) is 15.0. The van der Waals surface area contributed by atoms with Gasteiger partial charge in [-0.25, -0.2) is 0 Å². The summed E-state index contributed by atoms with van der Waals surface area (Å²) in [7, 11) is 3.80. The Morgan fingerprint density at radius 3 is 2.55 bits per heavy atom. The van der Waals surface area contributed by atoms with Crippen LogP contribution in [-0.2, 0) is 16.1 Å². The highest BCUT2D eigenvalue weighted by Crippen LogP contribution is 2.22. The molecule has 1 aromatic carbocycles. The summed E-state index contributed by atoms with van der Waals surface area (Å²) in [6, 6.07) is 8.51. The monoisotopic (exact) mass is 280 g/mol. The third kappa shape index (κ3) is 5.21. The lowest BCUT2D eigenvalue weighted by atomic mass is 9.99. The Balaban J connectivity index is 2.73. The van der Waals surface area contributed by atoms with Crippen LogP contribution in [-0.4, -0.2) is 44.9 Å². The second-order valence-corrected chi connectivity index (χ2v) is 5.28. The lowest BCUT2D eigenvalue weighted by Crippen LogP contribution is -2.34. The molecule has 1 atom stereocenters. The van der Waals surface area contributed by atoms with Gasteiger partial charge in [-0.05, 0) is 32.0 Å². The minimum Gasteiger partial charge on any atom is -0.380 e. The minimum absolute atomic E-state index is 0.192. The predicted molar refractivity (Wildman–Crippen MR) is 82.7 cm³/mol. The number of hydrogen-bond donors (Lipinski definition) is 1. The van der Waals surface area contributed by atoms with Gasteiger partial charge in [-0.2, -0.15) is 0 Å². The first kappa shape index (κ1) is 17.1. The maximum atomic E-state index is 5.98. The molecule has 2 N–H and O–H groups in total. The molecule has 4 heteroatoms. The van der Waals surface area contributed by atoms with Crippen molar-refractivity contribution in [3.8, 4) is 0 Å². The molecule has 0 saturated heterocycles. The average Bonchev–Trinajstić information content (AvgIpc) is 2.41. The van der Waals surface area contributed by atoms with Crippen molar-refractivity contribution < 1.29 is 9.47 Å². The lowest BCUT2D eigenvalue weighted by Gasteiger charge is -2.29. The van der Waals surface area contributed by atoms with E-state index >= 15 is 0 Å². The third-order valence-electron chi connectivity index (χ3n) is 3.36. The molecule has 0 amide bonds. The molecule has 20 heavy (non-hydrogen) atoms. The van der Waals surface area contributed by atoms with Gasteiger partial charge in [0.2, 0.25) is 0 Å². The van der Waals surface area contributed by atoms with Crippen LogP contribution in [0.25, 0.3) is 0 Å². The summed E-state index contributed by atoms with van der Waals surface area (Å²) in [6.07, 6.45) is 0.264. The number of rotatable bonds is 9. The highest BCUT2D eigenvalue weighted by Gasteiger charge is 2.18. The van der Waals surface area contributed by atoms with Crippen LogP contribution in [0.15, 0.2) is 24.3 Å². The number of nitrogens with zero attached hydrogens (tertiary/aromatic N) is 1. The van der Waals surface area contributed by atoms with E-state index in [0.717, 1.165) is 13.2 Å². The van der Waals surface area contributed by atoms with Crippen LogP contribution < -0.4 is 5.73 Å². The summed E-state index contributed by atoms with van der Waals surface area (Å²) >= 11 is 0. The van der Waals surface area contributed by atoms with Crippen LogP contribution in [0.2, 0.25) is 0 Å². The van der Waals surface area contributed by atoms with Crippen LogP contribution in [0.1, 0.15) is 31.0 Å². The van der Waals surface area contributed by atoms with Gasteiger partial charge in [0.25, 0.3) is 0 Å². The smallest absolute Gasteiger partial charge is 0.0716 e. The van der Waals surface area contributed by atoms with Crippen molar-refractivity contribution in [3.63, 3.8) is 0 Å². The number of benzene rings is 1. The molecule has 1 unspecified atom stereocenters. The average molecular weight is 280 g/mol. The van der Waals surface area contributed by atoms with Crippen molar-refractivity contribution in [1.29, 1.82) is 0 Å². The normalized spacial score (nSPS) is 13.2. The van der Waals surface area contributed by atoms with E-state index in [-0.39, 0.29) is 12.1 Å². The summed E-state index contributed by atoms with van der Waals surface area (Å²) in [5.41, 5.74) is 8.42. The molecule has 0 aliphatic carbocycles. The molecule has 4 nitrogen and oxygen atoms in total. The van der Waals surface area contributed by atoms with Gasteiger partial charge in [-0.1, -0.05) is 24.3 Å². The molecule has 0 aromatic heterocycles. The molecule has 0 fully saturated rings. The van der Waals surface area contributed by atoms with Crippen LogP contribution in [0, 0.1) is 0 Å². The molecule has 0 bridgehead atoms. The van der Waals surface area contributed by atoms with Gasteiger partial charge in [0.15, 0.2) is 0 Å². The van der Waals surface area contributed by atoms with Gasteiger partial charge in [0.1, 0.15) is 0 Å². The second kappa shape index (κ2) is 9.08. The maximum absolute atomic E-state index is 5.98. The first-order valence-corrected chi connectivity index (χ1v) is 7.18. The van der Waals surface area contributed by atoms with Gasteiger partial charge < -0.3 is 15.2 Å². The molecule has 1 aromatic rings. The number of ether oxygens (including phenoxy) is 2. The Morgan fingerprint density at radius 2 is 1.95 bits per heavy atom. The summed E-state index contributed by atoms with van der Waals surface area (Å²) in [6.45, 7) is 6.88. The molecular formula is C16H28N2O2. The second-order valence-electron chi connectivity index (χ2n) is 5.28. The highest BCUT2D eigenvalue weighted by molar-refractivity contribution is 5.30. The molecule has 114 valence electrons. The van der Waals surface area contributed by atoms with Gasteiger partial charge in [0, 0.05) is 26.2 Å². The minimum atomic E-state index is 0.192. The van der Waals surface area contributed by atoms with Crippen molar-refractivity contribution in [2.75, 3.05) is 33.9 Å². The van der Waals surface area contributed by atoms with E-state index in [2.05, 4.69) is 30.1 Å². The molecule has 0 aliphatic rings. The fraction of sp³-hybridized carbons (Fsp3) is 0.625. The van der Waals surface area contributed by atoms with Crippen molar-refractivity contribution in [1.82, 2.24) is 4.90 Å². The lowest BCUT2D eigenvalue weighted by molar-refractivity contribution is 0.0561. The van der Waals surface area contributed by atoms with Gasteiger partial charge >= 0.3 is 0 Å². The van der Waals surface area contributed by atoms with Gasteiger partial charge in [-0.3, -0.25) is 4.90 Å². The number of likely N-dealkylation sites (N-methyl/N-ethyl adjacent to an activating group) is 1. The Labute approximate surface area is 122 Å². The van der Waals surface area contributed by atoms with E-state index in [9.17, 15) is 0 Å². The van der Waals surface area contributed by atoms with Crippen molar-refractivity contribution in [2.45, 2.75) is 32.6 Å². The quantitative estimate of drug-likeness (QED) is 0.753. The van der Waals surface area contributed by atoms with E-state index in [4.69, 9.17) is 15.2 Å². The van der Waals surface area contributed by atoms with E-state index in [1.165, 1.54) is 11.1 Å². The van der Waals surface area contributed by atoms with E-state index in [1.807, 2.05) is 19.9 Å².